The molecule has 8 nitrogen and oxygen atoms in total. The van der Waals surface area contributed by atoms with Crippen LogP contribution in [0.5, 0.6) is 5.75 Å². The van der Waals surface area contributed by atoms with Gasteiger partial charge in [0.1, 0.15) is 23.8 Å². The summed E-state index contributed by atoms with van der Waals surface area (Å²) in [5.41, 5.74) is 0.811. The lowest BCUT2D eigenvalue weighted by atomic mass is 9.81. The molecule has 3 atom stereocenters. The van der Waals surface area contributed by atoms with E-state index in [1.54, 1.807) is 31.4 Å². The van der Waals surface area contributed by atoms with Crippen LogP contribution in [0.3, 0.4) is 0 Å². The SMILES string of the molecule is COc1ccc(COC(=O)C2=CC=C(OC(C)=O)C[C@@H]3[C@@H]([C@@H](C)O)C(=O)N23)cc1. The van der Waals surface area contributed by atoms with E-state index < -0.39 is 30.0 Å². The lowest BCUT2D eigenvalue weighted by Gasteiger charge is -2.48. The molecule has 1 N–H and O–H groups in total. The molecule has 1 aromatic rings. The van der Waals surface area contributed by atoms with Crippen LogP contribution in [0.1, 0.15) is 25.8 Å². The molecule has 8 heteroatoms. The monoisotopic (exact) mass is 401 g/mol. The summed E-state index contributed by atoms with van der Waals surface area (Å²) in [5.74, 6) is -1.21. The Balaban J connectivity index is 1.77. The van der Waals surface area contributed by atoms with E-state index in [1.165, 1.54) is 30.9 Å². The number of carbonyl (C=O) groups is 3. The van der Waals surface area contributed by atoms with E-state index in [0.717, 1.165) is 5.56 Å². The minimum Gasteiger partial charge on any atom is -0.497 e. The van der Waals surface area contributed by atoms with E-state index in [0.29, 0.717) is 11.5 Å². The second-order valence-corrected chi connectivity index (χ2v) is 6.95. The maximum Gasteiger partial charge on any atom is 0.355 e. The third-order valence-electron chi connectivity index (χ3n) is 4.90. The average molecular weight is 401 g/mol. The molecule has 1 aromatic carbocycles. The van der Waals surface area contributed by atoms with Gasteiger partial charge in [0, 0.05) is 13.3 Å². The van der Waals surface area contributed by atoms with Gasteiger partial charge in [-0.2, -0.15) is 0 Å². The molecular formula is C21H23NO7. The molecule has 29 heavy (non-hydrogen) atoms. The number of β-lactam (4-membered cyclic amide) rings is 1. The molecule has 2 heterocycles. The van der Waals surface area contributed by atoms with Gasteiger partial charge in [-0.1, -0.05) is 12.1 Å². The van der Waals surface area contributed by atoms with E-state index in [2.05, 4.69) is 0 Å². The van der Waals surface area contributed by atoms with Crippen LogP contribution in [-0.2, 0) is 30.5 Å². The number of carbonyl (C=O) groups excluding carboxylic acids is 3. The Kier molecular flexibility index (Phi) is 6.03. The van der Waals surface area contributed by atoms with E-state index in [1.807, 2.05) is 0 Å². The van der Waals surface area contributed by atoms with Crippen molar-refractivity contribution >= 4 is 17.8 Å². The minimum atomic E-state index is -0.892. The molecule has 0 spiro atoms. The zero-order chi connectivity index (χ0) is 21.1. The summed E-state index contributed by atoms with van der Waals surface area (Å²) in [4.78, 5) is 37.9. The first kappa shape index (κ1) is 20.6. The van der Waals surface area contributed by atoms with E-state index in [4.69, 9.17) is 14.2 Å². The maximum absolute atomic E-state index is 12.7. The van der Waals surface area contributed by atoms with Crippen LogP contribution < -0.4 is 4.74 Å². The number of amides is 1. The van der Waals surface area contributed by atoms with Crippen molar-refractivity contribution in [2.45, 2.75) is 39.0 Å². The first-order valence-electron chi connectivity index (χ1n) is 9.22. The van der Waals surface area contributed by atoms with E-state index in [-0.39, 0.29) is 24.6 Å². The zero-order valence-corrected chi connectivity index (χ0v) is 16.5. The molecule has 2 aliphatic rings. The number of methoxy groups -OCH3 is 1. The van der Waals surface area contributed by atoms with Gasteiger partial charge in [-0.05, 0) is 36.8 Å². The fourth-order valence-electron chi connectivity index (χ4n) is 3.51. The average Bonchev–Trinajstić information content (AvgIpc) is 2.82. The second kappa shape index (κ2) is 8.48. The van der Waals surface area contributed by atoms with Crippen molar-refractivity contribution in [2.75, 3.05) is 7.11 Å². The lowest BCUT2D eigenvalue weighted by Crippen LogP contribution is -2.64. The summed E-state index contributed by atoms with van der Waals surface area (Å²) in [5, 5.41) is 9.94. The van der Waals surface area contributed by atoms with Gasteiger partial charge in [0.25, 0.3) is 0 Å². The maximum atomic E-state index is 12.7. The molecule has 3 rings (SSSR count). The largest absolute Gasteiger partial charge is 0.497 e. The van der Waals surface area contributed by atoms with Crippen molar-refractivity contribution in [3.8, 4) is 5.75 Å². The molecule has 2 aliphatic heterocycles. The number of nitrogens with zero attached hydrogens (tertiary/aromatic N) is 1. The number of ether oxygens (including phenoxy) is 3. The first-order chi connectivity index (χ1) is 13.8. The third-order valence-corrected chi connectivity index (χ3v) is 4.90. The Morgan fingerprint density at radius 1 is 1.24 bits per heavy atom. The summed E-state index contributed by atoms with van der Waals surface area (Å²) < 4.78 is 15.6. The van der Waals surface area contributed by atoms with Crippen molar-refractivity contribution in [2.24, 2.45) is 5.92 Å². The summed E-state index contributed by atoms with van der Waals surface area (Å²) >= 11 is 0. The number of aliphatic hydroxyl groups excluding tert-OH is 1. The van der Waals surface area contributed by atoms with E-state index in [9.17, 15) is 19.5 Å². The fourth-order valence-corrected chi connectivity index (χ4v) is 3.51. The Bertz CT molecular complexity index is 870. The van der Waals surface area contributed by atoms with Gasteiger partial charge in [-0.25, -0.2) is 4.79 Å². The highest BCUT2D eigenvalue weighted by atomic mass is 16.5. The number of fused-ring (bicyclic) bond motifs is 1. The van der Waals surface area contributed by atoms with Crippen molar-refractivity contribution in [3.05, 3.63) is 53.4 Å². The normalized spacial score (nSPS) is 21.7. The Hall–Kier alpha value is -3.13. The smallest absolute Gasteiger partial charge is 0.355 e. The summed E-state index contributed by atoms with van der Waals surface area (Å²) in [6.45, 7) is 2.81. The molecule has 0 unspecified atom stereocenters. The highest BCUT2D eigenvalue weighted by Gasteiger charge is 2.53. The van der Waals surface area contributed by atoms with Crippen LogP contribution in [0.2, 0.25) is 0 Å². The molecule has 154 valence electrons. The van der Waals surface area contributed by atoms with Gasteiger partial charge in [-0.3, -0.25) is 9.59 Å². The number of esters is 2. The fraction of sp³-hybridized carbons (Fsp3) is 0.381. The van der Waals surface area contributed by atoms with Crippen LogP contribution in [0, 0.1) is 5.92 Å². The molecule has 0 saturated carbocycles. The number of allylic oxidation sites excluding steroid dienone is 2. The number of benzene rings is 1. The second-order valence-electron chi connectivity index (χ2n) is 6.95. The lowest BCUT2D eigenvalue weighted by molar-refractivity contribution is -0.165. The number of aliphatic hydroxyl groups is 1. The predicted octanol–water partition coefficient (Wildman–Crippen LogP) is 1.68. The standard InChI is InChI=1S/C21H23NO7/c1-12(23)19-18-10-16(29-13(2)24)8-9-17(22(18)20(19)25)21(26)28-11-14-4-6-15(27-3)7-5-14/h4-9,12,18-19,23H,10-11H2,1-3H3/t12-,18-,19-/m1/s1. The summed E-state index contributed by atoms with van der Waals surface area (Å²) in [7, 11) is 1.56. The highest BCUT2D eigenvalue weighted by molar-refractivity contribution is 5.99. The van der Waals surface area contributed by atoms with Crippen molar-refractivity contribution in [1.29, 1.82) is 0 Å². The number of hydrogen-bond acceptors (Lipinski definition) is 7. The topological polar surface area (TPSA) is 102 Å². The number of rotatable bonds is 6. The van der Waals surface area contributed by atoms with Crippen molar-refractivity contribution in [3.63, 3.8) is 0 Å². The zero-order valence-electron chi connectivity index (χ0n) is 16.5. The minimum absolute atomic E-state index is 0.0210. The highest BCUT2D eigenvalue weighted by Crippen LogP contribution is 2.39. The van der Waals surface area contributed by atoms with Crippen LogP contribution in [0.4, 0.5) is 0 Å². The van der Waals surface area contributed by atoms with Gasteiger partial charge in [0.2, 0.25) is 5.91 Å². The Morgan fingerprint density at radius 3 is 2.52 bits per heavy atom. The molecule has 1 saturated heterocycles. The van der Waals surface area contributed by atoms with Crippen LogP contribution in [0.25, 0.3) is 0 Å². The molecule has 0 aliphatic carbocycles. The van der Waals surface area contributed by atoms with Gasteiger partial charge in [0.05, 0.1) is 25.2 Å². The van der Waals surface area contributed by atoms with Crippen molar-refractivity contribution < 1.29 is 33.7 Å². The van der Waals surface area contributed by atoms with Gasteiger partial charge >= 0.3 is 11.9 Å². The quantitative estimate of drug-likeness (QED) is 0.571. The van der Waals surface area contributed by atoms with Gasteiger partial charge in [-0.15, -0.1) is 0 Å². The Morgan fingerprint density at radius 2 is 1.93 bits per heavy atom. The summed E-state index contributed by atoms with van der Waals surface area (Å²) in [6, 6.07) is 6.56. The number of hydrogen-bond donors (Lipinski definition) is 1. The first-order valence-corrected chi connectivity index (χ1v) is 9.22. The predicted molar refractivity (Wildman–Crippen MR) is 101 cm³/mol. The molecule has 1 fully saturated rings. The van der Waals surface area contributed by atoms with Crippen LogP contribution in [0.15, 0.2) is 47.9 Å². The van der Waals surface area contributed by atoms with Crippen molar-refractivity contribution in [1.82, 2.24) is 4.90 Å². The van der Waals surface area contributed by atoms with Gasteiger partial charge in [0.15, 0.2) is 0 Å². The van der Waals surface area contributed by atoms with E-state index >= 15 is 0 Å². The van der Waals surface area contributed by atoms with Crippen LogP contribution in [-0.4, -0.2) is 47.1 Å². The van der Waals surface area contributed by atoms with Crippen LogP contribution >= 0.6 is 0 Å². The molecule has 1 amide bonds. The molecule has 0 radical (unpaired) electrons. The molecular weight excluding hydrogens is 378 g/mol. The molecule has 0 aromatic heterocycles. The molecule has 0 bridgehead atoms. The summed E-state index contributed by atoms with van der Waals surface area (Å²) in [6.07, 6.45) is 2.21. The van der Waals surface area contributed by atoms with Gasteiger partial charge < -0.3 is 24.2 Å². The third kappa shape index (κ3) is 4.32. The Labute approximate surface area is 168 Å².